The number of amides is 1. The molecule has 1 unspecified atom stereocenters. The first-order chi connectivity index (χ1) is 10.6. The molecule has 1 aromatic carbocycles. The molecule has 0 aliphatic rings. The number of hydrogen-bond acceptors (Lipinski definition) is 5. The smallest absolute Gasteiger partial charge is 0.337 e. The van der Waals surface area contributed by atoms with Crippen molar-refractivity contribution in [2.45, 2.75) is 6.04 Å². The Morgan fingerprint density at radius 2 is 2.27 bits per heavy atom. The van der Waals surface area contributed by atoms with Crippen LogP contribution in [0.15, 0.2) is 36.9 Å². The van der Waals surface area contributed by atoms with Crippen LogP contribution in [0.2, 0.25) is 5.02 Å². The maximum absolute atomic E-state index is 12.2. The number of ether oxygens (including phenoxy) is 1. The Labute approximate surface area is 131 Å². The molecule has 112 valence electrons. The van der Waals surface area contributed by atoms with Crippen molar-refractivity contribution in [2.24, 2.45) is 0 Å². The minimum absolute atomic E-state index is 0.218. The average Bonchev–Trinajstić information content (AvgIpc) is 3.03. The zero-order chi connectivity index (χ0) is 16.1. The molecular formula is C14H11ClN4O3. The fourth-order valence-corrected chi connectivity index (χ4v) is 1.91. The molecule has 1 heterocycles. The Balaban J connectivity index is 2.24. The van der Waals surface area contributed by atoms with Crippen LogP contribution >= 0.6 is 11.6 Å². The fraction of sp³-hybridized carbons (Fsp3) is 0.143. The predicted octanol–water partition coefficient (Wildman–Crippen LogP) is 2.03. The summed E-state index contributed by atoms with van der Waals surface area (Å²) < 4.78 is 5.96. The van der Waals surface area contributed by atoms with Gasteiger partial charge in [-0.1, -0.05) is 11.6 Å². The Bertz CT molecular complexity index is 737. The number of carbonyl (C=O) groups excluding carboxylic acids is 2. The summed E-state index contributed by atoms with van der Waals surface area (Å²) in [6.07, 6.45) is 4.32. The van der Waals surface area contributed by atoms with Crippen LogP contribution in [0.5, 0.6) is 0 Å². The van der Waals surface area contributed by atoms with E-state index in [9.17, 15) is 9.59 Å². The minimum atomic E-state index is -1.10. The molecule has 1 amide bonds. The van der Waals surface area contributed by atoms with E-state index in [4.69, 9.17) is 16.9 Å². The lowest BCUT2D eigenvalue weighted by molar-refractivity contribution is -0.117. The quantitative estimate of drug-likeness (QED) is 0.870. The van der Waals surface area contributed by atoms with Crippen molar-refractivity contribution in [1.29, 1.82) is 5.26 Å². The lowest BCUT2D eigenvalue weighted by Crippen LogP contribution is -2.24. The number of carbonyl (C=O) groups is 2. The summed E-state index contributed by atoms with van der Waals surface area (Å²) in [5, 5.41) is 11.9. The highest BCUT2D eigenvalue weighted by atomic mass is 35.5. The Morgan fingerprint density at radius 1 is 1.50 bits per heavy atom. The highest BCUT2D eigenvalue weighted by Crippen LogP contribution is 2.24. The first kappa shape index (κ1) is 15.5. The first-order valence-electron chi connectivity index (χ1n) is 6.12. The van der Waals surface area contributed by atoms with Crippen LogP contribution in [-0.4, -0.2) is 28.5 Å². The summed E-state index contributed by atoms with van der Waals surface area (Å²) in [7, 11) is 1.25. The number of benzene rings is 1. The molecule has 0 aliphatic carbocycles. The molecule has 0 spiro atoms. The van der Waals surface area contributed by atoms with Gasteiger partial charge in [-0.2, -0.15) is 5.26 Å². The van der Waals surface area contributed by atoms with E-state index in [2.05, 4.69) is 15.0 Å². The topological polar surface area (TPSA) is 97.0 Å². The summed E-state index contributed by atoms with van der Waals surface area (Å²) in [6, 6.07) is 5.09. The molecular weight excluding hydrogens is 308 g/mol. The Morgan fingerprint density at radius 3 is 2.86 bits per heavy atom. The van der Waals surface area contributed by atoms with E-state index in [1.807, 2.05) is 6.07 Å². The summed E-state index contributed by atoms with van der Waals surface area (Å²) in [6.45, 7) is 0. The summed E-state index contributed by atoms with van der Waals surface area (Å²) in [4.78, 5) is 27.5. The molecule has 1 atom stereocenters. The van der Waals surface area contributed by atoms with Gasteiger partial charge in [-0.3, -0.25) is 4.79 Å². The highest BCUT2D eigenvalue weighted by Gasteiger charge is 2.21. The van der Waals surface area contributed by atoms with Crippen LogP contribution in [0.3, 0.4) is 0 Å². The van der Waals surface area contributed by atoms with Crippen LogP contribution in [0.4, 0.5) is 5.69 Å². The maximum Gasteiger partial charge on any atom is 0.337 e. The van der Waals surface area contributed by atoms with Crippen molar-refractivity contribution in [3.8, 4) is 6.07 Å². The van der Waals surface area contributed by atoms with Gasteiger partial charge in [-0.25, -0.2) is 9.78 Å². The Kier molecular flexibility index (Phi) is 4.76. The van der Waals surface area contributed by atoms with Crippen molar-refractivity contribution in [3.05, 3.63) is 47.5 Å². The second kappa shape index (κ2) is 6.74. The second-order valence-electron chi connectivity index (χ2n) is 4.22. The molecule has 1 aromatic heterocycles. The van der Waals surface area contributed by atoms with E-state index >= 15 is 0 Å². The largest absolute Gasteiger partial charge is 0.465 e. The molecule has 0 saturated carbocycles. The van der Waals surface area contributed by atoms with Gasteiger partial charge in [0.2, 0.25) is 6.04 Å². The lowest BCUT2D eigenvalue weighted by Gasteiger charge is -2.13. The Hall–Kier alpha value is -2.85. The maximum atomic E-state index is 12.2. The van der Waals surface area contributed by atoms with E-state index in [-0.39, 0.29) is 16.3 Å². The number of rotatable bonds is 4. The SMILES string of the molecule is COC(=O)c1ccc(Cl)c(NC(=O)C(C#N)n2ccnc2)c1. The van der Waals surface area contributed by atoms with Gasteiger partial charge in [-0.05, 0) is 18.2 Å². The predicted molar refractivity (Wildman–Crippen MR) is 78.3 cm³/mol. The van der Waals surface area contributed by atoms with Crippen molar-refractivity contribution in [2.75, 3.05) is 12.4 Å². The molecule has 7 nitrogen and oxygen atoms in total. The number of aromatic nitrogens is 2. The first-order valence-corrected chi connectivity index (χ1v) is 6.50. The van der Waals surface area contributed by atoms with Crippen molar-refractivity contribution in [1.82, 2.24) is 9.55 Å². The molecule has 2 rings (SSSR count). The van der Waals surface area contributed by atoms with E-state index in [1.165, 1.54) is 48.6 Å². The van der Waals surface area contributed by atoms with E-state index < -0.39 is 17.9 Å². The zero-order valence-electron chi connectivity index (χ0n) is 11.5. The number of esters is 1. The number of anilines is 1. The monoisotopic (exact) mass is 318 g/mol. The number of methoxy groups -OCH3 is 1. The van der Waals surface area contributed by atoms with Gasteiger partial charge in [-0.15, -0.1) is 0 Å². The van der Waals surface area contributed by atoms with Crippen molar-refractivity contribution in [3.63, 3.8) is 0 Å². The van der Waals surface area contributed by atoms with Crippen LogP contribution in [0, 0.1) is 11.3 Å². The zero-order valence-corrected chi connectivity index (χ0v) is 12.2. The van der Waals surface area contributed by atoms with Gasteiger partial charge < -0.3 is 14.6 Å². The fourth-order valence-electron chi connectivity index (χ4n) is 1.75. The summed E-state index contributed by atoms with van der Waals surface area (Å²) in [5.74, 6) is -1.15. The standard InChI is InChI=1S/C14H11ClN4O3/c1-22-14(21)9-2-3-10(15)11(6-9)18-13(20)12(7-16)19-5-4-17-8-19/h2-6,8,12H,1H3,(H,18,20). The number of imidazole rings is 1. The second-order valence-corrected chi connectivity index (χ2v) is 4.62. The average molecular weight is 319 g/mol. The molecule has 2 aromatic rings. The van der Waals surface area contributed by atoms with Crippen LogP contribution in [0.25, 0.3) is 0 Å². The highest BCUT2D eigenvalue weighted by molar-refractivity contribution is 6.34. The molecule has 0 saturated heterocycles. The third kappa shape index (κ3) is 3.24. The molecule has 0 bridgehead atoms. The minimum Gasteiger partial charge on any atom is -0.465 e. The summed E-state index contributed by atoms with van der Waals surface area (Å²) in [5.41, 5.74) is 0.452. The number of nitrogens with one attached hydrogen (secondary N) is 1. The molecule has 8 heteroatoms. The molecule has 22 heavy (non-hydrogen) atoms. The van der Waals surface area contributed by atoms with Crippen LogP contribution in [0.1, 0.15) is 16.4 Å². The van der Waals surface area contributed by atoms with Crippen molar-refractivity contribution >= 4 is 29.2 Å². The van der Waals surface area contributed by atoms with Crippen LogP contribution < -0.4 is 5.32 Å². The van der Waals surface area contributed by atoms with E-state index in [0.29, 0.717) is 0 Å². The lowest BCUT2D eigenvalue weighted by atomic mass is 10.2. The van der Waals surface area contributed by atoms with Gasteiger partial charge >= 0.3 is 5.97 Å². The van der Waals surface area contributed by atoms with Gasteiger partial charge in [0.05, 0.1) is 35.8 Å². The van der Waals surface area contributed by atoms with E-state index in [1.54, 1.807) is 0 Å². The van der Waals surface area contributed by atoms with E-state index in [0.717, 1.165) is 0 Å². The summed E-state index contributed by atoms with van der Waals surface area (Å²) >= 11 is 5.99. The number of nitriles is 1. The van der Waals surface area contributed by atoms with Gasteiger partial charge in [0.1, 0.15) is 0 Å². The third-order valence-corrected chi connectivity index (χ3v) is 3.17. The number of halogens is 1. The molecule has 0 radical (unpaired) electrons. The van der Waals surface area contributed by atoms with Crippen LogP contribution in [-0.2, 0) is 9.53 Å². The van der Waals surface area contributed by atoms with Crippen molar-refractivity contribution < 1.29 is 14.3 Å². The van der Waals surface area contributed by atoms with Gasteiger partial charge in [0.15, 0.2) is 0 Å². The molecule has 1 N–H and O–H groups in total. The number of hydrogen-bond donors (Lipinski definition) is 1. The van der Waals surface area contributed by atoms with Gasteiger partial charge in [0.25, 0.3) is 5.91 Å². The molecule has 0 fully saturated rings. The van der Waals surface area contributed by atoms with Gasteiger partial charge in [0, 0.05) is 12.4 Å². The molecule has 0 aliphatic heterocycles. The third-order valence-electron chi connectivity index (χ3n) is 2.84. The normalized spacial score (nSPS) is 11.3. The number of nitrogens with zero attached hydrogens (tertiary/aromatic N) is 3.